The molecule has 7 aromatic rings. The van der Waals surface area contributed by atoms with Crippen LogP contribution in [0.2, 0.25) is 0 Å². The van der Waals surface area contributed by atoms with E-state index in [1.165, 1.54) is 43.6 Å². The van der Waals surface area contributed by atoms with Crippen molar-refractivity contribution < 1.29 is 0 Å². The van der Waals surface area contributed by atoms with Crippen molar-refractivity contribution in [3.8, 4) is 22.3 Å². The van der Waals surface area contributed by atoms with Gasteiger partial charge in [-0.25, -0.2) is 9.98 Å². The van der Waals surface area contributed by atoms with Crippen LogP contribution in [0.3, 0.4) is 0 Å². The molecule has 0 saturated carbocycles. The molecular formula is C44H32N4S. The quantitative estimate of drug-likeness (QED) is 0.189. The van der Waals surface area contributed by atoms with E-state index in [0.717, 1.165) is 33.9 Å². The average molecular weight is 649 g/mol. The van der Waals surface area contributed by atoms with Crippen molar-refractivity contribution in [2.75, 3.05) is 5.32 Å². The van der Waals surface area contributed by atoms with Crippen LogP contribution in [0, 0.1) is 0 Å². The zero-order valence-corrected chi connectivity index (χ0v) is 27.4. The number of fused-ring (bicyclic) bond motifs is 2. The van der Waals surface area contributed by atoms with Crippen molar-refractivity contribution in [3.63, 3.8) is 0 Å². The maximum absolute atomic E-state index is 5.11. The third kappa shape index (κ3) is 5.68. The van der Waals surface area contributed by atoms with Gasteiger partial charge in [0.2, 0.25) is 0 Å². The lowest BCUT2D eigenvalue weighted by molar-refractivity contribution is 0.756. The van der Waals surface area contributed by atoms with Crippen molar-refractivity contribution in [2.45, 2.75) is 16.4 Å². The van der Waals surface area contributed by atoms with Gasteiger partial charge in [-0.1, -0.05) is 163 Å². The number of nitrogens with zero attached hydrogens (tertiary/aromatic N) is 2. The first-order valence-electron chi connectivity index (χ1n) is 16.5. The third-order valence-corrected chi connectivity index (χ3v) is 10.4. The number of nitrogens with one attached hydrogen (secondary N) is 2. The van der Waals surface area contributed by atoms with Crippen LogP contribution in [0.5, 0.6) is 0 Å². The Hall–Kier alpha value is -5.91. The Kier molecular flexibility index (Phi) is 7.52. The third-order valence-electron chi connectivity index (χ3n) is 9.20. The van der Waals surface area contributed by atoms with Gasteiger partial charge in [0.25, 0.3) is 0 Å². The minimum atomic E-state index is -0.332. The van der Waals surface area contributed by atoms with E-state index < -0.39 is 0 Å². The van der Waals surface area contributed by atoms with Crippen LogP contribution in [0.15, 0.2) is 185 Å². The zero-order valence-electron chi connectivity index (χ0n) is 26.6. The van der Waals surface area contributed by atoms with Crippen LogP contribution in [0.25, 0.3) is 33.0 Å². The molecule has 0 amide bonds. The predicted molar refractivity (Wildman–Crippen MR) is 205 cm³/mol. The summed E-state index contributed by atoms with van der Waals surface area (Å²) in [6.45, 7) is 0. The van der Waals surface area contributed by atoms with E-state index in [1.54, 1.807) is 0 Å². The molecule has 0 fully saturated rings. The first kappa shape index (κ1) is 29.2. The first-order chi connectivity index (χ1) is 24.3. The molecule has 0 aromatic heterocycles. The monoisotopic (exact) mass is 648 g/mol. The number of aliphatic imine (C=N–C) groups is 2. The normalized spacial score (nSPS) is 16.7. The molecule has 2 atom stereocenters. The van der Waals surface area contributed by atoms with Gasteiger partial charge in [-0.2, -0.15) is 0 Å². The van der Waals surface area contributed by atoms with Crippen LogP contribution in [0.4, 0.5) is 5.69 Å². The minimum absolute atomic E-state index is 0.221. The molecular weight excluding hydrogens is 617 g/mol. The molecule has 0 saturated heterocycles. The second-order valence-corrected chi connectivity index (χ2v) is 13.4. The van der Waals surface area contributed by atoms with Crippen LogP contribution < -0.4 is 10.6 Å². The van der Waals surface area contributed by atoms with Crippen LogP contribution >= 0.6 is 11.8 Å². The van der Waals surface area contributed by atoms with Gasteiger partial charge >= 0.3 is 0 Å². The van der Waals surface area contributed by atoms with Crippen molar-refractivity contribution in [2.24, 2.45) is 9.98 Å². The van der Waals surface area contributed by atoms with Crippen LogP contribution in [-0.2, 0) is 0 Å². The van der Waals surface area contributed by atoms with Gasteiger partial charge < -0.3 is 10.6 Å². The van der Waals surface area contributed by atoms with Gasteiger partial charge in [-0.3, -0.25) is 0 Å². The number of amidine groups is 2. The lowest BCUT2D eigenvalue weighted by Gasteiger charge is -2.22. The van der Waals surface area contributed by atoms with Gasteiger partial charge in [-0.05, 0) is 62.4 Å². The fraction of sp³-hybridized carbons (Fsp3) is 0.0455. The summed E-state index contributed by atoms with van der Waals surface area (Å²) in [4.78, 5) is 11.4. The molecule has 2 heterocycles. The molecule has 0 spiro atoms. The second-order valence-electron chi connectivity index (χ2n) is 12.3. The fourth-order valence-corrected chi connectivity index (χ4v) is 7.88. The highest BCUT2D eigenvalue weighted by Gasteiger charge is 2.23. The second kappa shape index (κ2) is 12.6. The maximum Gasteiger partial charge on any atom is 0.169 e. The smallest absolute Gasteiger partial charge is 0.169 e. The lowest BCUT2D eigenvalue weighted by Crippen LogP contribution is -2.36. The molecule has 49 heavy (non-hydrogen) atoms. The molecule has 0 radical (unpaired) electrons. The topological polar surface area (TPSA) is 48.8 Å². The summed E-state index contributed by atoms with van der Waals surface area (Å²) in [7, 11) is 0. The zero-order chi connectivity index (χ0) is 32.6. The molecule has 0 aliphatic carbocycles. The van der Waals surface area contributed by atoms with E-state index in [1.807, 2.05) is 48.2 Å². The summed E-state index contributed by atoms with van der Waals surface area (Å²) in [5, 5.41) is 9.89. The number of benzene rings is 7. The molecule has 7 aromatic carbocycles. The van der Waals surface area contributed by atoms with Crippen molar-refractivity contribution in [3.05, 3.63) is 192 Å². The molecule has 0 bridgehead atoms. The maximum atomic E-state index is 5.11. The number of para-hydroxylation sites is 1. The highest BCUT2D eigenvalue weighted by atomic mass is 32.2. The van der Waals surface area contributed by atoms with Crippen molar-refractivity contribution in [1.29, 1.82) is 0 Å². The highest BCUT2D eigenvalue weighted by molar-refractivity contribution is 8.00. The molecule has 234 valence electrons. The number of anilines is 1. The van der Waals surface area contributed by atoms with Gasteiger partial charge in [0.15, 0.2) is 6.17 Å². The molecule has 2 aliphatic rings. The largest absolute Gasteiger partial charge is 0.368 e. The lowest BCUT2D eigenvalue weighted by atomic mass is 9.92. The molecule has 2 aliphatic heterocycles. The molecule has 5 heteroatoms. The molecule has 9 rings (SSSR count). The Morgan fingerprint density at radius 3 is 1.78 bits per heavy atom. The van der Waals surface area contributed by atoms with E-state index in [4.69, 9.17) is 9.98 Å². The van der Waals surface area contributed by atoms with E-state index in [-0.39, 0.29) is 11.5 Å². The first-order valence-corrected chi connectivity index (χ1v) is 17.4. The molecule has 2 unspecified atom stereocenters. The standard InChI is InChI=1S/C44H32N4S/c1-3-12-30(13-4-1)41-46-42(31-14-5-2-6-15-31)48-43(47-41)34-17-9-16-33(28-34)36-19-11-20-37-35(18-10-21-38(36)37)29-24-26-32(27-25-29)44-45-39-22-7-8-23-40(39)49-44/h1-28,41,44-45H,(H,46,47,48). The van der Waals surface area contributed by atoms with Crippen LogP contribution in [-0.4, -0.2) is 11.7 Å². The highest BCUT2D eigenvalue weighted by Crippen LogP contribution is 2.46. The Morgan fingerprint density at radius 2 is 1.04 bits per heavy atom. The van der Waals surface area contributed by atoms with E-state index in [9.17, 15) is 0 Å². The van der Waals surface area contributed by atoms with Gasteiger partial charge in [0, 0.05) is 21.7 Å². The Morgan fingerprint density at radius 1 is 0.449 bits per heavy atom. The summed E-state index contributed by atoms with van der Waals surface area (Å²) >= 11 is 1.87. The number of hydrogen-bond acceptors (Lipinski definition) is 5. The van der Waals surface area contributed by atoms with E-state index in [0.29, 0.717) is 0 Å². The average Bonchev–Trinajstić information content (AvgIpc) is 3.63. The van der Waals surface area contributed by atoms with Crippen molar-refractivity contribution >= 4 is 39.9 Å². The fourth-order valence-electron chi connectivity index (χ4n) is 6.74. The Balaban J connectivity index is 1.05. The Labute approximate surface area is 290 Å². The molecule has 2 N–H and O–H groups in total. The van der Waals surface area contributed by atoms with E-state index in [2.05, 4.69) is 144 Å². The molecule has 4 nitrogen and oxygen atoms in total. The van der Waals surface area contributed by atoms with E-state index >= 15 is 0 Å². The summed E-state index contributed by atoms with van der Waals surface area (Å²) in [5.74, 6) is 1.63. The number of thioether (sulfide) groups is 1. The summed E-state index contributed by atoms with van der Waals surface area (Å²) < 4.78 is 0. The Bertz CT molecular complexity index is 2340. The van der Waals surface area contributed by atoms with Gasteiger partial charge in [-0.15, -0.1) is 0 Å². The number of rotatable bonds is 6. The SMILES string of the molecule is c1ccc(C2=NC(c3ccccc3)N=C(c3cccc(-c4cccc5c(-c6ccc(C7Nc8ccccc8S7)cc6)cccc45)c3)N2)cc1. The van der Waals surface area contributed by atoms with Gasteiger partial charge in [0.1, 0.15) is 17.0 Å². The van der Waals surface area contributed by atoms with Crippen molar-refractivity contribution in [1.82, 2.24) is 5.32 Å². The summed E-state index contributed by atoms with van der Waals surface area (Å²) in [6, 6.07) is 60.0. The summed E-state index contributed by atoms with van der Waals surface area (Å²) in [5.41, 5.74) is 10.4. The summed E-state index contributed by atoms with van der Waals surface area (Å²) in [6.07, 6.45) is -0.332. The predicted octanol–water partition coefficient (Wildman–Crippen LogP) is 10.9. The number of hydrogen-bond donors (Lipinski definition) is 2. The minimum Gasteiger partial charge on any atom is -0.368 e. The van der Waals surface area contributed by atoms with Crippen LogP contribution in [0.1, 0.15) is 33.8 Å². The van der Waals surface area contributed by atoms with Gasteiger partial charge in [0.05, 0.1) is 0 Å².